The second kappa shape index (κ2) is 6.37. The predicted octanol–water partition coefficient (Wildman–Crippen LogP) is 2.07. The van der Waals surface area contributed by atoms with E-state index in [-0.39, 0.29) is 5.91 Å². The Kier molecular flexibility index (Phi) is 4.31. The van der Waals surface area contributed by atoms with Crippen LogP contribution in [-0.4, -0.2) is 24.0 Å². The van der Waals surface area contributed by atoms with E-state index in [4.69, 9.17) is 0 Å². The Hall–Kier alpha value is -1.72. The van der Waals surface area contributed by atoms with Crippen molar-refractivity contribution in [3.05, 3.63) is 51.0 Å². The summed E-state index contributed by atoms with van der Waals surface area (Å²) in [4.78, 5) is 16.8. The maximum Gasteiger partial charge on any atom is 0.251 e. The van der Waals surface area contributed by atoms with Gasteiger partial charge in [-0.15, -0.1) is 11.3 Å². The Balaban J connectivity index is 1.63. The van der Waals surface area contributed by atoms with Crippen LogP contribution >= 0.6 is 11.3 Å². The summed E-state index contributed by atoms with van der Waals surface area (Å²) in [7, 11) is 0. The van der Waals surface area contributed by atoms with Crippen LogP contribution in [0.1, 0.15) is 32.2 Å². The SMILES string of the molecule is Cc1nc(CCNC(=O)c2cccc3c2CCNC3)cs1. The fraction of sp³-hybridized carbons (Fsp3) is 0.375. The number of carbonyl (C=O) groups is 1. The molecule has 0 unspecified atom stereocenters. The molecule has 2 aromatic rings. The number of aryl methyl sites for hydroxylation is 1. The number of aromatic nitrogens is 1. The molecule has 110 valence electrons. The van der Waals surface area contributed by atoms with Gasteiger partial charge in [0, 0.05) is 30.5 Å². The van der Waals surface area contributed by atoms with E-state index >= 15 is 0 Å². The van der Waals surface area contributed by atoms with Crippen molar-refractivity contribution in [1.29, 1.82) is 0 Å². The van der Waals surface area contributed by atoms with E-state index < -0.39 is 0 Å². The summed E-state index contributed by atoms with van der Waals surface area (Å²) in [5.74, 6) is 0.0284. The van der Waals surface area contributed by atoms with E-state index in [9.17, 15) is 4.79 Å². The Labute approximate surface area is 128 Å². The summed E-state index contributed by atoms with van der Waals surface area (Å²) < 4.78 is 0. The lowest BCUT2D eigenvalue weighted by Crippen LogP contribution is -2.30. The van der Waals surface area contributed by atoms with E-state index in [1.807, 2.05) is 19.1 Å². The van der Waals surface area contributed by atoms with Crippen LogP contribution in [0.15, 0.2) is 23.6 Å². The van der Waals surface area contributed by atoms with Crippen LogP contribution in [0.5, 0.6) is 0 Å². The van der Waals surface area contributed by atoms with E-state index in [1.54, 1.807) is 11.3 Å². The van der Waals surface area contributed by atoms with Gasteiger partial charge in [-0.1, -0.05) is 12.1 Å². The maximum atomic E-state index is 12.4. The number of nitrogens with one attached hydrogen (secondary N) is 2. The zero-order chi connectivity index (χ0) is 14.7. The molecule has 0 saturated heterocycles. The van der Waals surface area contributed by atoms with Gasteiger partial charge in [-0.25, -0.2) is 4.98 Å². The molecule has 1 aromatic heterocycles. The van der Waals surface area contributed by atoms with Crippen LogP contribution in [0.4, 0.5) is 0 Å². The summed E-state index contributed by atoms with van der Waals surface area (Å²) in [6.07, 6.45) is 1.71. The molecular weight excluding hydrogens is 282 g/mol. The molecule has 0 aliphatic carbocycles. The quantitative estimate of drug-likeness (QED) is 0.909. The smallest absolute Gasteiger partial charge is 0.251 e. The van der Waals surface area contributed by atoms with Gasteiger partial charge in [0.2, 0.25) is 0 Å². The number of carbonyl (C=O) groups excluding carboxylic acids is 1. The van der Waals surface area contributed by atoms with Crippen molar-refractivity contribution in [2.24, 2.45) is 0 Å². The van der Waals surface area contributed by atoms with E-state index in [0.717, 1.165) is 42.2 Å². The van der Waals surface area contributed by atoms with Crippen molar-refractivity contribution in [3.8, 4) is 0 Å². The van der Waals surface area contributed by atoms with Gasteiger partial charge < -0.3 is 10.6 Å². The first kappa shape index (κ1) is 14.2. The zero-order valence-corrected chi connectivity index (χ0v) is 12.9. The Morgan fingerprint density at radius 1 is 1.48 bits per heavy atom. The number of amides is 1. The first-order chi connectivity index (χ1) is 10.2. The topological polar surface area (TPSA) is 54.0 Å². The zero-order valence-electron chi connectivity index (χ0n) is 12.1. The van der Waals surface area contributed by atoms with Crippen LogP contribution in [0, 0.1) is 6.92 Å². The molecule has 0 atom stereocenters. The third kappa shape index (κ3) is 3.31. The van der Waals surface area contributed by atoms with Crippen molar-refractivity contribution in [3.63, 3.8) is 0 Å². The lowest BCUT2D eigenvalue weighted by atomic mass is 9.95. The van der Waals surface area contributed by atoms with Gasteiger partial charge >= 0.3 is 0 Å². The summed E-state index contributed by atoms with van der Waals surface area (Å²) in [6, 6.07) is 5.98. The molecule has 0 saturated carbocycles. The fourth-order valence-corrected chi connectivity index (χ4v) is 3.31. The van der Waals surface area contributed by atoms with E-state index in [0.29, 0.717) is 6.54 Å². The van der Waals surface area contributed by atoms with Crippen LogP contribution < -0.4 is 10.6 Å². The summed E-state index contributed by atoms with van der Waals surface area (Å²) in [6.45, 7) is 4.42. The number of fused-ring (bicyclic) bond motifs is 1. The number of nitrogens with zero attached hydrogens (tertiary/aromatic N) is 1. The van der Waals surface area contributed by atoms with Gasteiger partial charge in [-0.2, -0.15) is 0 Å². The standard InChI is InChI=1S/C16H19N3OS/c1-11-19-13(10-21-11)5-8-18-16(20)15-4-2-3-12-9-17-7-6-14(12)15/h2-4,10,17H,5-9H2,1H3,(H,18,20). The molecule has 2 N–H and O–H groups in total. The van der Waals surface area contributed by atoms with Gasteiger partial charge in [-0.3, -0.25) is 4.79 Å². The molecule has 0 fully saturated rings. The van der Waals surface area contributed by atoms with Gasteiger partial charge in [-0.05, 0) is 37.1 Å². The Morgan fingerprint density at radius 2 is 2.38 bits per heavy atom. The first-order valence-electron chi connectivity index (χ1n) is 7.25. The minimum atomic E-state index is 0.0284. The van der Waals surface area contributed by atoms with Crippen LogP contribution in [-0.2, 0) is 19.4 Å². The van der Waals surface area contributed by atoms with Crippen LogP contribution in [0.25, 0.3) is 0 Å². The molecule has 1 aromatic carbocycles. The van der Waals surface area contributed by atoms with Crippen molar-refractivity contribution in [2.45, 2.75) is 26.3 Å². The van der Waals surface area contributed by atoms with Crippen molar-refractivity contribution < 1.29 is 4.79 Å². The lowest BCUT2D eigenvalue weighted by Gasteiger charge is -2.19. The van der Waals surface area contributed by atoms with E-state index in [2.05, 4.69) is 27.1 Å². The number of thiazole rings is 1. The van der Waals surface area contributed by atoms with E-state index in [1.165, 1.54) is 11.1 Å². The highest BCUT2D eigenvalue weighted by atomic mass is 32.1. The number of hydrogen-bond donors (Lipinski definition) is 2. The average Bonchev–Trinajstić information content (AvgIpc) is 2.92. The maximum absolute atomic E-state index is 12.4. The fourth-order valence-electron chi connectivity index (χ4n) is 2.67. The van der Waals surface area contributed by atoms with Gasteiger partial charge in [0.15, 0.2) is 0 Å². The molecule has 1 amide bonds. The highest BCUT2D eigenvalue weighted by molar-refractivity contribution is 7.09. The molecule has 3 rings (SSSR count). The lowest BCUT2D eigenvalue weighted by molar-refractivity contribution is 0.0953. The molecular formula is C16H19N3OS. The highest BCUT2D eigenvalue weighted by Gasteiger charge is 2.16. The van der Waals surface area contributed by atoms with Crippen LogP contribution in [0.2, 0.25) is 0 Å². The summed E-state index contributed by atoms with van der Waals surface area (Å²) in [5.41, 5.74) is 4.31. The second-order valence-corrected chi connectivity index (χ2v) is 6.30. The minimum absolute atomic E-state index is 0.0284. The average molecular weight is 301 g/mol. The first-order valence-corrected chi connectivity index (χ1v) is 8.12. The third-order valence-corrected chi connectivity index (χ3v) is 4.54. The minimum Gasteiger partial charge on any atom is -0.352 e. The van der Waals surface area contributed by atoms with Gasteiger partial charge in [0.05, 0.1) is 10.7 Å². The summed E-state index contributed by atoms with van der Waals surface area (Å²) in [5, 5.41) is 9.47. The van der Waals surface area contributed by atoms with Crippen LogP contribution in [0.3, 0.4) is 0 Å². The van der Waals surface area contributed by atoms with Crippen molar-refractivity contribution in [2.75, 3.05) is 13.1 Å². The van der Waals surface area contributed by atoms with Crippen molar-refractivity contribution in [1.82, 2.24) is 15.6 Å². The summed E-state index contributed by atoms with van der Waals surface area (Å²) >= 11 is 1.65. The number of hydrogen-bond acceptors (Lipinski definition) is 4. The Morgan fingerprint density at radius 3 is 3.19 bits per heavy atom. The Bertz CT molecular complexity index is 651. The molecule has 21 heavy (non-hydrogen) atoms. The molecule has 1 aliphatic rings. The molecule has 1 aliphatic heterocycles. The molecule has 4 nitrogen and oxygen atoms in total. The molecule has 5 heteroatoms. The third-order valence-electron chi connectivity index (χ3n) is 3.72. The molecule has 0 radical (unpaired) electrons. The normalized spacial score (nSPS) is 13.8. The monoisotopic (exact) mass is 301 g/mol. The molecule has 0 spiro atoms. The second-order valence-electron chi connectivity index (χ2n) is 5.23. The van der Waals surface area contributed by atoms with Gasteiger partial charge in [0.1, 0.15) is 0 Å². The number of benzene rings is 1. The largest absolute Gasteiger partial charge is 0.352 e. The molecule has 2 heterocycles. The van der Waals surface area contributed by atoms with Crippen molar-refractivity contribution >= 4 is 17.2 Å². The highest BCUT2D eigenvalue weighted by Crippen LogP contribution is 2.18. The number of rotatable bonds is 4. The predicted molar refractivity (Wildman–Crippen MR) is 84.7 cm³/mol. The molecule has 0 bridgehead atoms. The van der Waals surface area contributed by atoms with Gasteiger partial charge in [0.25, 0.3) is 5.91 Å².